The Morgan fingerprint density at radius 1 is 1.11 bits per heavy atom. The zero-order valence-electron chi connectivity index (χ0n) is 20.4. The number of methoxy groups -OCH3 is 1. The Morgan fingerprint density at radius 2 is 1.71 bits per heavy atom. The van der Waals surface area contributed by atoms with Gasteiger partial charge in [-0.05, 0) is 37.8 Å². The maximum atomic E-state index is 14.0. The van der Waals surface area contributed by atoms with Gasteiger partial charge in [-0.15, -0.1) is 12.4 Å². The van der Waals surface area contributed by atoms with Gasteiger partial charge in [-0.1, -0.05) is 6.92 Å². The topological polar surface area (TPSA) is 79.0 Å². The molecule has 1 aromatic carbocycles. The van der Waals surface area contributed by atoms with E-state index in [2.05, 4.69) is 10.2 Å². The molecule has 2 fully saturated rings. The summed E-state index contributed by atoms with van der Waals surface area (Å²) in [5, 5.41) is 2.87. The van der Waals surface area contributed by atoms with Crippen molar-refractivity contribution in [1.82, 2.24) is 14.5 Å². The highest BCUT2D eigenvalue weighted by Crippen LogP contribution is 2.42. The highest BCUT2D eigenvalue weighted by molar-refractivity contribution is 7.89. The number of piperazine rings is 1. The maximum absolute atomic E-state index is 14.0. The van der Waals surface area contributed by atoms with E-state index in [1.165, 1.54) is 17.5 Å². The third-order valence-corrected chi connectivity index (χ3v) is 9.04. The van der Waals surface area contributed by atoms with Gasteiger partial charge in [0.1, 0.15) is 11.6 Å². The largest absolute Gasteiger partial charge is 0.496 e. The number of alkyl halides is 2. The molecule has 35 heavy (non-hydrogen) atoms. The lowest BCUT2D eigenvalue weighted by atomic mass is 9.78. The van der Waals surface area contributed by atoms with Crippen LogP contribution in [0, 0.1) is 12.7 Å². The molecular weight excluding hydrogens is 507 g/mol. The lowest BCUT2D eigenvalue weighted by Crippen LogP contribution is -2.63. The summed E-state index contributed by atoms with van der Waals surface area (Å²) in [4.78, 5) is 15.1. The SMILES string of the molecule is CCCS(=O)(=O)N1CCN(C2(CNC(=O)c3c(C)cc(F)cc3OC)CCC(F)(F)CC2)CC1.Cl. The number of nitrogens with one attached hydrogen (secondary N) is 1. The third-order valence-electron chi connectivity index (χ3n) is 6.97. The van der Waals surface area contributed by atoms with E-state index in [0.717, 1.165) is 6.07 Å². The zero-order valence-corrected chi connectivity index (χ0v) is 22.0. The van der Waals surface area contributed by atoms with Crippen molar-refractivity contribution in [3.05, 3.63) is 29.1 Å². The fraction of sp³-hybridized carbons (Fsp3) is 0.696. The van der Waals surface area contributed by atoms with Gasteiger partial charge in [0.2, 0.25) is 15.9 Å². The fourth-order valence-corrected chi connectivity index (χ4v) is 6.50. The first-order valence-electron chi connectivity index (χ1n) is 11.7. The minimum Gasteiger partial charge on any atom is -0.496 e. The van der Waals surface area contributed by atoms with Gasteiger partial charge in [-0.2, -0.15) is 4.31 Å². The van der Waals surface area contributed by atoms with Crippen LogP contribution in [0.25, 0.3) is 0 Å². The van der Waals surface area contributed by atoms with Crippen LogP contribution in [-0.2, 0) is 10.0 Å². The van der Waals surface area contributed by atoms with Crippen molar-refractivity contribution in [3.63, 3.8) is 0 Å². The quantitative estimate of drug-likeness (QED) is 0.544. The van der Waals surface area contributed by atoms with E-state index in [9.17, 15) is 26.4 Å². The molecule has 1 heterocycles. The summed E-state index contributed by atoms with van der Waals surface area (Å²) in [5.41, 5.74) is -0.0944. The first kappa shape index (κ1) is 29.7. The third kappa shape index (κ3) is 6.81. The van der Waals surface area contributed by atoms with Crippen LogP contribution in [0.5, 0.6) is 5.75 Å². The molecule has 0 unspecified atom stereocenters. The van der Waals surface area contributed by atoms with Crippen molar-refractivity contribution in [2.75, 3.05) is 45.6 Å². The molecule has 0 spiro atoms. The Hall–Kier alpha value is -1.56. The van der Waals surface area contributed by atoms with E-state index in [4.69, 9.17) is 4.74 Å². The molecular formula is C23H35ClF3N3O4S. The summed E-state index contributed by atoms with van der Waals surface area (Å²) >= 11 is 0. The smallest absolute Gasteiger partial charge is 0.255 e. The fourth-order valence-electron chi connectivity index (χ4n) is 5.01. The Labute approximate surface area is 211 Å². The predicted octanol–water partition coefficient (Wildman–Crippen LogP) is 3.60. The second-order valence-corrected chi connectivity index (χ2v) is 11.4. The number of sulfonamides is 1. The molecule has 0 aromatic heterocycles. The summed E-state index contributed by atoms with van der Waals surface area (Å²) in [6, 6.07) is 2.37. The first-order chi connectivity index (χ1) is 15.9. The van der Waals surface area contributed by atoms with E-state index in [-0.39, 0.29) is 61.7 Å². The highest BCUT2D eigenvalue weighted by atomic mass is 35.5. The average molecular weight is 542 g/mol. The molecule has 1 aliphatic heterocycles. The first-order valence-corrected chi connectivity index (χ1v) is 13.3. The number of hydrogen-bond acceptors (Lipinski definition) is 5. The average Bonchev–Trinajstić information content (AvgIpc) is 2.78. The van der Waals surface area contributed by atoms with Gasteiger partial charge in [-0.3, -0.25) is 9.69 Å². The molecule has 0 atom stereocenters. The summed E-state index contributed by atoms with van der Waals surface area (Å²) in [6.45, 7) is 4.94. The number of benzene rings is 1. The lowest BCUT2D eigenvalue weighted by Gasteiger charge is -2.50. The normalized spacial score (nSPS) is 20.6. The van der Waals surface area contributed by atoms with Gasteiger partial charge >= 0.3 is 0 Å². The van der Waals surface area contributed by atoms with Crippen molar-refractivity contribution in [2.24, 2.45) is 0 Å². The molecule has 200 valence electrons. The van der Waals surface area contributed by atoms with Crippen LogP contribution in [0.15, 0.2) is 12.1 Å². The van der Waals surface area contributed by atoms with Crippen molar-refractivity contribution in [2.45, 2.75) is 57.4 Å². The van der Waals surface area contributed by atoms with Gasteiger partial charge in [0, 0.05) is 57.2 Å². The molecule has 2 aliphatic rings. The van der Waals surface area contributed by atoms with Crippen LogP contribution in [0.4, 0.5) is 13.2 Å². The van der Waals surface area contributed by atoms with E-state index in [1.54, 1.807) is 6.92 Å². The standard InChI is InChI=1S/C23H34F3N3O4S.ClH/c1-4-13-34(31,32)29-11-9-28(10-12-29)22(5-7-23(25,26)8-6-22)16-27-21(30)20-17(2)14-18(24)15-19(20)33-3;/h14-15H,4-13,16H2,1-3H3,(H,27,30);1H. The monoisotopic (exact) mass is 541 g/mol. The second kappa shape index (κ2) is 11.7. The van der Waals surface area contributed by atoms with Crippen LogP contribution in [0.2, 0.25) is 0 Å². The van der Waals surface area contributed by atoms with Crippen molar-refractivity contribution in [1.29, 1.82) is 0 Å². The number of hydrogen-bond donors (Lipinski definition) is 1. The number of amides is 1. The number of rotatable bonds is 8. The summed E-state index contributed by atoms with van der Waals surface area (Å²) in [6.07, 6.45) is 0.301. The molecule has 3 rings (SSSR count). The number of halogens is 4. The van der Waals surface area contributed by atoms with Gasteiger partial charge < -0.3 is 10.1 Å². The minimum atomic E-state index is -3.33. The molecule has 7 nitrogen and oxygen atoms in total. The molecule has 1 saturated heterocycles. The molecule has 12 heteroatoms. The van der Waals surface area contributed by atoms with Crippen LogP contribution < -0.4 is 10.1 Å². The van der Waals surface area contributed by atoms with E-state index >= 15 is 0 Å². The maximum Gasteiger partial charge on any atom is 0.255 e. The molecule has 1 amide bonds. The lowest BCUT2D eigenvalue weighted by molar-refractivity contribution is -0.0856. The van der Waals surface area contributed by atoms with Gasteiger partial charge in [0.05, 0.1) is 18.4 Å². The molecule has 0 radical (unpaired) electrons. The summed E-state index contributed by atoms with van der Waals surface area (Å²) < 4.78 is 73.3. The number of nitrogens with zero attached hydrogens (tertiary/aromatic N) is 2. The van der Waals surface area contributed by atoms with E-state index in [1.807, 2.05) is 6.92 Å². The highest BCUT2D eigenvalue weighted by Gasteiger charge is 2.47. The van der Waals surface area contributed by atoms with Gasteiger partial charge in [-0.25, -0.2) is 21.6 Å². The summed E-state index contributed by atoms with van der Waals surface area (Å²) in [7, 11) is -1.98. The molecule has 1 aromatic rings. The number of aryl methyl sites for hydroxylation is 1. The molecule has 0 bridgehead atoms. The van der Waals surface area contributed by atoms with Crippen LogP contribution in [0.3, 0.4) is 0 Å². The number of carbonyl (C=O) groups is 1. The predicted molar refractivity (Wildman–Crippen MR) is 131 cm³/mol. The van der Waals surface area contributed by atoms with E-state index in [0.29, 0.717) is 38.2 Å². The minimum absolute atomic E-state index is 0. The van der Waals surface area contributed by atoms with Gasteiger partial charge in [0.25, 0.3) is 5.91 Å². The Balaban J connectivity index is 0.00000432. The van der Waals surface area contributed by atoms with Crippen LogP contribution in [0.1, 0.15) is 54.9 Å². The second-order valence-electron chi connectivity index (χ2n) is 9.27. The van der Waals surface area contributed by atoms with Gasteiger partial charge in [0.15, 0.2) is 0 Å². The Kier molecular flexibility index (Phi) is 9.88. The molecule has 1 N–H and O–H groups in total. The molecule has 1 saturated carbocycles. The number of ether oxygens (including phenoxy) is 1. The zero-order chi connectivity index (χ0) is 25.1. The van der Waals surface area contributed by atoms with E-state index < -0.39 is 33.2 Å². The van der Waals surface area contributed by atoms with Crippen LogP contribution >= 0.6 is 12.4 Å². The van der Waals surface area contributed by atoms with Crippen molar-refractivity contribution < 1.29 is 31.1 Å². The molecule has 1 aliphatic carbocycles. The van der Waals surface area contributed by atoms with Crippen molar-refractivity contribution in [3.8, 4) is 5.75 Å². The number of carbonyl (C=O) groups excluding carboxylic acids is 1. The Bertz CT molecular complexity index is 992. The summed E-state index contributed by atoms with van der Waals surface area (Å²) in [5.74, 6) is -3.55. The van der Waals surface area contributed by atoms with Crippen molar-refractivity contribution >= 4 is 28.3 Å². The van der Waals surface area contributed by atoms with Crippen LogP contribution in [-0.4, -0.2) is 80.6 Å². The Morgan fingerprint density at radius 3 is 2.26 bits per heavy atom.